The molecule has 2 aromatic rings. The molecular formula is C14H13Cl2NO3. The van der Waals surface area contributed by atoms with E-state index in [4.69, 9.17) is 32.7 Å². The van der Waals surface area contributed by atoms with Crippen molar-refractivity contribution in [3.8, 4) is 0 Å². The van der Waals surface area contributed by atoms with Crippen molar-refractivity contribution in [1.29, 1.82) is 0 Å². The number of aliphatic hydroxyl groups is 1. The third-order valence-corrected chi connectivity index (χ3v) is 3.49. The quantitative estimate of drug-likeness (QED) is 0.922. The Morgan fingerprint density at radius 3 is 2.65 bits per heavy atom. The molecule has 0 radical (unpaired) electrons. The average molecular weight is 314 g/mol. The van der Waals surface area contributed by atoms with E-state index in [9.17, 15) is 4.79 Å². The first-order valence-corrected chi connectivity index (χ1v) is 6.75. The van der Waals surface area contributed by atoms with Gasteiger partial charge in [0.25, 0.3) is 5.91 Å². The van der Waals surface area contributed by atoms with Crippen LogP contribution in [0.3, 0.4) is 0 Å². The van der Waals surface area contributed by atoms with E-state index in [-0.39, 0.29) is 24.8 Å². The van der Waals surface area contributed by atoms with Crippen molar-refractivity contribution in [2.45, 2.75) is 6.54 Å². The number of hydrogen-bond donors (Lipinski definition) is 1. The van der Waals surface area contributed by atoms with Gasteiger partial charge in [0.15, 0.2) is 5.76 Å². The number of halogens is 2. The fraction of sp³-hybridized carbons (Fsp3) is 0.214. The zero-order valence-corrected chi connectivity index (χ0v) is 12.1. The van der Waals surface area contributed by atoms with E-state index in [0.29, 0.717) is 16.6 Å². The fourth-order valence-corrected chi connectivity index (χ4v) is 2.11. The molecule has 0 unspecified atom stereocenters. The zero-order valence-electron chi connectivity index (χ0n) is 10.6. The summed E-state index contributed by atoms with van der Waals surface area (Å²) in [5.74, 6) is -0.0476. The van der Waals surface area contributed by atoms with Crippen molar-refractivity contribution < 1.29 is 14.3 Å². The predicted molar refractivity (Wildman–Crippen MR) is 77.0 cm³/mol. The van der Waals surface area contributed by atoms with Crippen molar-refractivity contribution in [3.05, 3.63) is 58.0 Å². The van der Waals surface area contributed by atoms with Crippen molar-refractivity contribution in [2.24, 2.45) is 0 Å². The van der Waals surface area contributed by atoms with Gasteiger partial charge >= 0.3 is 0 Å². The molecule has 0 saturated heterocycles. The largest absolute Gasteiger partial charge is 0.459 e. The van der Waals surface area contributed by atoms with Gasteiger partial charge in [-0.05, 0) is 29.8 Å². The molecule has 4 nitrogen and oxygen atoms in total. The van der Waals surface area contributed by atoms with E-state index in [1.165, 1.54) is 11.2 Å². The average Bonchev–Trinajstić information content (AvgIpc) is 2.95. The minimum absolute atomic E-state index is 0.131. The lowest BCUT2D eigenvalue weighted by atomic mass is 10.2. The van der Waals surface area contributed by atoms with Crippen LogP contribution in [0.15, 0.2) is 41.0 Å². The van der Waals surface area contributed by atoms with E-state index in [1.54, 1.807) is 30.3 Å². The van der Waals surface area contributed by atoms with Crippen LogP contribution >= 0.6 is 23.2 Å². The standard InChI is InChI=1S/C14H13Cl2NO3/c15-11-4-3-10(8-12(11)16)9-17(5-6-18)14(19)13-2-1-7-20-13/h1-4,7-8,18H,5-6,9H2. The van der Waals surface area contributed by atoms with Crippen LogP contribution in [0.2, 0.25) is 10.0 Å². The molecule has 0 fully saturated rings. The maximum absolute atomic E-state index is 12.2. The number of carbonyl (C=O) groups is 1. The summed E-state index contributed by atoms with van der Waals surface area (Å²) in [7, 11) is 0. The first kappa shape index (κ1) is 14.9. The zero-order chi connectivity index (χ0) is 14.5. The van der Waals surface area contributed by atoms with Crippen LogP contribution in [0.25, 0.3) is 0 Å². The van der Waals surface area contributed by atoms with E-state index in [2.05, 4.69) is 0 Å². The molecule has 0 aliphatic rings. The molecule has 106 valence electrons. The molecule has 0 saturated carbocycles. The van der Waals surface area contributed by atoms with Crippen molar-refractivity contribution in [3.63, 3.8) is 0 Å². The number of hydrogen-bond acceptors (Lipinski definition) is 3. The smallest absolute Gasteiger partial charge is 0.289 e. The molecule has 0 aliphatic carbocycles. The SMILES string of the molecule is O=C(c1ccco1)N(CCO)Cc1ccc(Cl)c(Cl)c1. The van der Waals surface area contributed by atoms with Crippen LogP contribution in [0, 0.1) is 0 Å². The van der Waals surface area contributed by atoms with Crippen LogP contribution in [0.1, 0.15) is 16.1 Å². The van der Waals surface area contributed by atoms with Crippen molar-refractivity contribution in [2.75, 3.05) is 13.2 Å². The van der Waals surface area contributed by atoms with Crippen LogP contribution in [-0.4, -0.2) is 29.1 Å². The minimum Gasteiger partial charge on any atom is -0.459 e. The number of nitrogens with zero attached hydrogens (tertiary/aromatic N) is 1. The summed E-state index contributed by atoms with van der Waals surface area (Å²) in [6.07, 6.45) is 1.43. The van der Waals surface area contributed by atoms with E-state index >= 15 is 0 Å². The Morgan fingerprint density at radius 1 is 1.25 bits per heavy atom. The van der Waals surface area contributed by atoms with Gasteiger partial charge in [0, 0.05) is 13.1 Å². The summed E-state index contributed by atoms with van der Waals surface area (Å²) in [6, 6.07) is 8.39. The maximum atomic E-state index is 12.2. The van der Waals surface area contributed by atoms with Crippen molar-refractivity contribution in [1.82, 2.24) is 4.90 Å². The molecule has 1 N–H and O–H groups in total. The molecular weight excluding hydrogens is 301 g/mol. The van der Waals surface area contributed by atoms with Crippen LogP contribution < -0.4 is 0 Å². The lowest BCUT2D eigenvalue weighted by molar-refractivity contribution is 0.0676. The van der Waals surface area contributed by atoms with Crippen LogP contribution in [0.5, 0.6) is 0 Å². The molecule has 20 heavy (non-hydrogen) atoms. The molecule has 1 aromatic carbocycles. The van der Waals surface area contributed by atoms with Gasteiger partial charge in [0.1, 0.15) is 0 Å². The predicted octanol–water partition coefficient (Wildman–Crippen LogP) is 3.22. The Morgan fingerprint density at radius 2 is 2.05 bits per heavy atom. The third kappa shape index (κ3) is 3.54. The number of amides is 1. The molecule has 0 bridgehead atoms. The molecule has 1 aromatic heterocycles. The van der Waals surface area contributed by atoms with Gasteiger partial charge < -0.3 is 14.4 Å². The summed E-state index contributed by atoms with van der Waals surface area (Å²) in [4.78, 5) is 13.7. The molecule has 0 spiro atoms. The Kier molecular flexibility index (Phi) is 5.06. The highest BCUT2D eigenvalue weighted by atomic mass is 35.5. The summed E-state index contributed by atoms with van der Waals surface area (Å²) in [6.45, 7) is 0.393. The monoisotopic (exact) mass is 313 g/mol. The summed E-state index contributed by atoms with van der Waals surface area (Å²) >= 11 is 11.8. The second-order valence-corrected chi connectivity index (χ2v) is 4.99. The van der Waals surface area contributed by atoms with Gasteiger partial charge in [-0.25, -0.2) is 0 Å². The first-order valence-electron chi connectivity index (χ1n) is 5.99. The summed E-state index contributed by atoms with van der Waals surface area (Å²) < 4.78 is 5.08. The second-order valence-electron chi connectivity index (χ2n) is 4.18. The number of aliphatic hydroxyl groups excluding tert-OH is 1. The number of carbonyl (C=O) groups excluding carboxylic acids is 1. The Hall–Kier alpha value is -1.49. The van der Waals surface area contributed by atoms with Gasteiger partial charge in [-0.2, -0.15) is 0 Å². The fourth-order valence-electron chi connectivity index (χ4n) is 1.79. The van der Waals surface area contributed by atoms with Gasteiger partial charge in [-0.1, -0.05) is 29.3 Å². The molecule has 6 heteroatoms. The lowest BCUT2D eigenvalue weighted by Gasteiger charge is -2.21. The van der Waals surface area contributed by atoms with Gasteiger partial charge in [0.2, 0.25) is 0 Å². The van der Waals surface area contributed by atoms with Gasteiger partial charge in [-0.3, -0.25) is 4.79 Å². The van der Waals surface area contributed by atoms with Crippen LogP contribution in [-0.2, 0) is 6.54 Å². The highest BCUT2D eigenvalue weighted by Crippen LogP contribution is 2.23. The third-order valence-electron chi connectivity index (χ3n) is 2.75. The maximum Gasteiger partial charge on any atom is 0.289 e. The lowest BCUT2D eigenvalue weighted by Crippen LogP contribution is -2.32. The van der Waals surface area contributed by atoms with Gasteiger partial charge in [0.05, 0.1) is 22.9 Å². The Labute approximate surface area is 126 Å². The topological polar surface area (TPSA) is 53.7 Å². The van der Waals surface area contributed by atoms with E-state index in [1.807, 2.05) is 0 Å². The highest BCUT2D eigenvalue weighted by Gasteiger charge is 2.18. The molecule has 2 rings (SSSR count). The molecule has 0 atom stereocenters. The normalized spacial score (nSPS) is 10.6. The van der Waals surface area contributed by atoms with Crippen LogP contribution in [0.4, 0.5) is 0 Å². The Bertz CT molecular complexity index is 584. The Balaban J connectivity index is 2.16. The van der Waals surface area contributed by atoms with E-state index < -0.39 is 0 Å². The van der Waals surface area contributed by atoms with Gasteiger partial charge in [-0.15, -0.1) is 0 Å². The first-order chi connectivity index (χ1) is 9.61. The number of benzene rings is 1. The molecule has 1 amide bonds. The summed E-state index contributed by atoms with van der Waals surface area (Å²) in [5.41, 5.74) is 0.827. The highest BCUT2D eigenvalue weighted by molar-refractivity contribution is 6.42. The van der Waals surface area contributed by atoms with E-state index in [0.717, 1.165) is 5.56 Å². The number of furan rings is 1. The number of rotatable bonds is 5. The second kappa shape index (κ2) is 6.79. The van der Waals surface area contributed by atoms with Crippen molar-refractivity contribution >= 4 is 29.1 Å². The molecule has 0 aliphatic heterocycles. The minimum atomic E-state index is -0.282. The summed E-state index contributed by atoms with van der Waals surface area (Å²) in [5, 5.41) is 9.98. The molecule has 1 heterocycles.